The number of aromatic nitrogens is 1. The third-order valence-corrected chi connectivity index (χ3v) is 2.27. The third kappa shape index (κ3) is 1.09. The van der Waals surface area contributed by atoms with Gasteiger partial charge in [-0.05, 0) is 18.6 Å². The number of benzene rings is 1. The molecule has 68 valence electrons. The molecule has 3 heteroatoms. The number of phenols is 1. The second kappa shape index (κ2) is 2.78. The van der Waals surface area contributed by atoms with E-state index in [0.717, 1.165) is 16.5 Å². The molecule has 3 N–H and O–H groups in total. The Morgan fingerprint density at radius 3 is 2.85 bits per heavy atom. The van der Waals surface area contributed by atoms with Crippen molar-refractivity contribution in [1.29, 1.82) is 0 Å². The lowest BCUT2D eigenvalue weighted by atomic mass is 10.1. The molecule has 0 atom stereocenters. The molecule has 2 rings (SSSR count). The topological polar surface area (TPSA) is 56.2 Å². The number of aliphatic hydroxyl groups is 1. The van der Waals surface area contributed by atoms with Gasteiger partial charge >= 0.3 is 0 Å². The number of aryl methyl sites for hydroxylation is 1. The van der Waals surface area contributed by atoms with E-state index in [1.165, 1.54) is 0 Å². The molecule has 1 aromatic heterocycles. The van der Waals surface area contributed by atoms with Crippen LogP contribution in [-0.2, 0) is 6.61 Å². The van der Waals surface area contributed by atoms with Crippen molar-refractivity contribution < 1.29 is 10.2 Å². The van der Waals surface area contributed by atoms with E-state index >= 15 is 0 Å². The quantitative estimate of drug-likeness (QED) is 0.620. The Labute approximate surface area is 75.6 Å². The van der Waals surface area contributed by atoms with Crippen LogP contribution in [0, 0.1) is 6.92 Å². The molecule has 2 aromatic rings. The highest BCUT2D eigenvalue weighted by Crippen LogP contribution is 2.30. The molecule has 13 heavy (non-hydrogen) atoms. The number of H-pyrrole nitrogens is 1. The van der Waals surface area contributed by atoms with Gasteiger partial charge in [-0.15, -0.1) is 0 Å². The minimum Gasteiger partial charge on any atom is -0.507 e. The zero-order valence-electron chi connectivity index (χ0n) is 7.33. The monoisotopic (exact) mass is 177 g/mol. The largest absolute Gasteiger partial charge is 0.507 e. The van der Waals surface area contributed by atoms with Crippen LogP contribution in [0.4, 0.5) is 0 Å². The van der Waals surface area contributed by atoms with Crippen molar-refractivity contribution in [3.05, 3.63) is 29.5 Å². The lowest BCUT2D eigenvalue weighted by molar-refractivity contribution is 0.276. The van der Waals surface area contributed by atoms with Gasteiger partial charge in [-0.2, -0.15) is 0 Å². The number of rotatable bonds is 1. The van der Waals surface area contributed by atoms with Crippen LogP contribution in [0.5, 0.6) is 5.75 Å². The van der Waals surface area contributed by atoms with Crippen LogP contribution in [0.25, 0.3) is 10.9 Å². The summed E-state index contributed by atoms with van der Waals surface area (Å²) in [5.41, 5.74) is 2.45. The maximum Gasteiger partial charge on any atom is 0.130 e. The fourth-order valence-electron chi connectivity index (χ4n) is 1.54. The summed E-state index contributed by atoms with van der Waals surface area (Å²) >= 11 is 0. The fraction of sp³-hybridized carbons (Fsp3) is 0.200. The average molecular weight is 177 g/mol. The summed E-state index contributed by atoms with van der Waals surface area (Å²) in [4.78, 5) is 3.04. The molecular weight excluding hydrogens is 166 g/mol. The van der Waals surface area contributed by atoms with Crippen molar-refractivity contribution >= 4 is 10.9 Å². The Bertz CT molecular complexity index is 445. The summed E-state index contributed by atoms with van der Waals surface area (Å²) in [7, 11) is 0. The van der Waals surface area contributed by atoms with Crippen molar-refractivity contribution in [2.24, 2.45) is 0 Å². The van der Waals surface area contributed by atoms with Crippen molar-refractivity contribution in [2.75, 3.05) is 0 Å². The second-order valence-electron chi connectivity index (χ2n) is 3.13. The zero-order valence-corrected chi connectivity index (χ0v) is 7.33. The number of fused-ring (bicyclic) bond motifs is 1. The smallest absolute Gasteiger partial charge is 0.130 e. The van der Waals surface area contributed by atoms with Crippen molar-refractivity contribution in [2.45, 2.75) is 13.5 Å². The van der Waals surface area contributed by atoms with Crippen LogP contribution < -0.4 is 0 Å². The van der Waals surface area contributed by atoms with Crippen LogP contribution in [0.1, 0.15) is 11.1 Å². The molecule has 0 saturated carbocycles. The molecule has 0 aliphatic heterocycles. The number of hydrogen-bond acceptors (Lipinski definition) is 2. The molecule has 1 aromatic carbocycles. The first-order valence-electron chi connectivity index (χ1n) is 4.13. The van der Waals surface area contributed by atoms with E-state index in [0.29, 0.717) is 5.56 Å². The molecule has 0 radical (unpaired) electrons. The molecule has 0 aliphatic carbocycles. The molecule has 1 heterocycles. The van der Waals surface area contributed by atoms with Gasteiger partial charge in [0.25, 0.3) is 0 Å². The second-order valence-corrected chi connectivity index (χ2v) is 3.13. The highest BCUT2D eigenvalue weighted by molar-refractivity contribution is 5.89. The molecule has 3 nitrogen and oxygen atoms in total. The number of aromatic amines is 1. The number of aliphatic hydroxyl groups excluding tert-OH is 1. The first-order chi connectivity index (χ1) is 6.24. The van der Waals surface area contributed by atoms with Crippen LogP contribution in [-0.4, -0.2) is 15.2 Å². The molecule has 0 spiro atoms. The van der Waals surface area contributed by atoms with Gasteiger partial charge in [0, 0.05) is 22.7 Å². The van der Waals surface area contributed by atoms with Crippen LogP contribution in [0.15, 0.2) is 18.3 Å². The SMILES string of the molecule is Cc1c[nH]c2ccc(CO)c(O)c12. The van der Waals surface area contributed by atoms with Gasteiger partial charge in [-0.3, -0.25) is 0 Å². The van der Waals surface area contributed by atoms with Gasteiger partial charge < -0.3 is 15.2 Å². The molecule has 0 amide bonds. The van der Waals surface area contributed by atoms with Crippen LogP contribution in [0.3, 0.4) is 0 Å². The van der Waals surface area contributed by atoms with E-state index in [-0.39, 0.29) is 12.4 Å². The molecule has 0 aliphatic rings. The third-order valence-electron chi connectivity index (χ3n) is 2.27. The Kier molecular flexibility index (Phi) is 1.74. The van der Waals surface area contributed by atoms with Gasteiger partial charge in [0.2, 0.25) is 0 Å². The molecule has 0 fully saturated rings. The molecule has 0 unspecified atom stereocenters. The summed E-state index contributed by atoms with van der Waals surface area (Å²) in [6.07, 6.45) is 1.84. The minimum absolute atomic E-state index is 0.133. The van der Waals surface area contributed by atoms with Crippen molar-refractivity contribution in [1.82, 2.24) is 4.98 Å². The Morgan fingerprint density at radius 2 is 2.15 bits per heavy atom. The van der Waals surface area contributed by atoms with Gasteiger partial charge in [0.15, 0.2) is 0 Å². The van der Waals surface area contributed by atoms with E-state index in [1.807, 2.05) is 19.2 Å². The van der Waals surface area contributed by atoms with Crippen molar-refractivity contribution in [3.63, 3.8) is 0 Å². The predicted molar refractivity (Wildman–Crippen MR) is 50.6 cm³/mol. The Balaban J connectivity index is 2.83. The average Bonchev–Trinajstić information content (AvgIpc) is 2.49. The first-order valence-corrected chi connectivity index (χ1v) is 4.13. The van der Waals surface area contributed by atoms with E-state index in [2.05, 4.69) is 4.98 Å². The predicted octanol–water partition coefficient (Wildman–Crippen LogP) is 1.67. The first kappa shape index (κ1) is 8.13. The van der Waals surface area contributed by atoms with E-state index in [9.17, 15) is 5.11 Å². The Morgan fingerprint density at radius 1 is 1.38 bits per heavy atom. The highest BCUT2D eigenvalue weighted by atomic mass is 16.3. The van der Waals surface area contributed by atoms with Crippen molar-refractivity contribution in [3.8, 4) is 5.75 Å². The standard InChI is InChI=1S/C10H11NO2/c1-6-4-11-8-3-2-7(5-12)10(13)9(6)8/h2-4,11-13H,5H2,1H3. The van der Waals surface area contributed by atoms with E-state index < -0.39 is 0 Å². The summed E-state index contributed by atoms with van der Waals surface area (Å²) < 4.78 is 0. The zero-order chi connectivity index (χ0) is 9.42. The summed E-state index contributed by atoms with van der Waals surface area (Å²) in [6, 6.07) is 3.57. The van der Waals surface area contributed by atoms with Gasteiger partial charge in [0.05, 0.1) is 6.61 Å². The van der Waals surface area contributed by atoms with Gasteiger partial charge in [-0.25, -0.2) is 0 Å². The van der Waals surface area contributed by atoms with E-state index in [4.69, 9.17) is 5.11 Å². The summed E-state index contributed by atoms with van der Waals surface area (Å²) in [5.74, 6) is 0.179. The van der Waals surface area contributed by atoms with Crippen LogP contribution >= 0.6 is 0 Å². The maximum atomic E-state index is 9.74. The van der Waals surface area contributed by atoms with Gasteiger partial charge in [-0.1, -0.05) is 6.07 Å². The summed E-state index contributed by atoms with van der Waals surface area (Å²) in [6.45, 7) is 1.78. The van der Waals surface area contributed by atoms with Gasteiger partial charge in [0.1, 0.15) is 5.75 Å². The Hall–Kier alpha value is -1.48. The molecule has 0 saturated heterocycles. The lowest BCUT2D eigenvalue weighted by Crippen LogP contribution is -1.84. The number of nitrogens with one attached hydrogen (secondary N) is 1. The van der Waals surface area contributed by atoms with Crippen LogP contribution in [0.2, 0.25) is 0 Å². The fourth-order valence-corrected chi connectivity index (χ4v) is 1.54. The summed E-state index contributed by atoms with van der Waals surface area (Å²) in [5, 5.41) is 19.5. The van der Waals surface area contributed by atoms with E-state index in [1.54, 1.807) is 6.07 Å². The molecular formula is C10H11NO2. The lowest BCUT2D eigenvalue weighted by Gasteiger charge is -2.02. The number of hydrogen-bond donors (Lipinski definition) is 3. The minimum atomic E-state index is -0.133. The molecule has 0 bridgehead atoms. The maximum absolute atomic E-state index is 9.74. The number of aromatic hydroxyl groups is 1. The normalized spacial score (nSPS) is 10.9. The highest BCUT2D eigenvalue weighted by Gasteiger charge is 2.08.